The molecule has 4 rings (SSSR count). The molecule has 0 aromatic heterocycles. The van der Waals surface area contributed by atoms with Crippen LogP contribution in [-0.4, -0.2) is 37.6 Å². The number of carbonyl (C=O) groups is 2. The fourth-order valence-electron chi connectivity index (χ4n) is 4.70. The largest absolute Gasteiger partial charge is 0.507 e. The summed E-state index contributed by atoms with van der Waals surface area (Å²) in [6, 6.07) is 18.9. The predicted molar refractivity (Wildman–Crippen MR) is 152 cm³/mol. The Hall–Kier alpha value is -4.26. The molecule has 7 heteroatoms. The minimum atomic E-state index is -0.902. The Labute approximate surface area is 229 Å². The number of para-hydroxylation sites is 2. The van der Waals surface area contributed by atoms with Gasteiger partial charge in [0.1, 0.15) is 23.0 Å². The molecule has 0 aliphatic carbocycles. The summed E-state index contributed by atoms with van der Waals surface area (Å²) < 4.78 is 16.8. The van der Waals surface area contributed by atoms with Crippen molar-refractivity contribution in [2.24, 2.45) is 0 Å². The second kappa shape index (κ2) is 11.2. The number of benzene rings is 3. The van der Waals surface area contributed by atoms with Gasteiger partial charge in [-0.3, -0.25) is 14.5 Å². The highest BCUT2D eigenvalue weighted by Crippen LogP contribution is 2.46. The van der Waals surface area contributed by atoms with Crippen molar-refractivity contribution in [2.75, 3.05) is 25.7 Å². The minimum absolute atomic E-state index is 0.0413. The summed E-state index contributed by atoms with van der Waals surface area (Å²) in [5.41, 5.74) is 2.35. The van der Waals surface area contributed by atoms with Crippen LogP contribution in [0.3, 0.4) is 0 Å². The third-order valence-corrected chi connectivity index (χ3v) is 6.79. The molecule has 3 aromatic carbocycles. The highest BCUT2D eigenvalue weighted by Gasteiger charge is 2.48. The zero-order chi connectivity index (χ0) is 28.3. The summed E-state index contributed by atoms with van der Waals surface area (Å²) in [7, 11) is 2.98. The number of Topliss-reactive ketones (excluding diaryl/α,β-unsaturated/α-hetero) is 1. The van der Waals surface area contributed by atoms with Crippen LogP contribution in [0.1, 0.15) is 56.8 Å². The van der Waals surface area contributed by atoms with Crippen molar-refractivity contribution in [1.82, 2.24) is 0 Å². The molecule has 204 valence electrons. The third-order valence-electron chi connectivity index (χ3n) is 6.79. The average Bonchev–Trinajstić information content (AvgIpc) is 3.20. The number of hydrogen-bond acceptors (Lipinski definition) is 6. The number of anilines is 1. The molecule has 39 heavy (non-hydrogen) atoms. The number of aliphatic hydroxyl groups is 1. The Morgan fingerprint density at radius 3 is 2.23 bits per heavy atom. The highest BCUT2D eigenvalue weighted by molar-refractivity contribution is 6.52. The van der Waals surface area contributed by atoms with Crippen molar-refractivity contribution in [3.05, 3.63) is 89.0 Å². The molecule has 7 nitrogen and oxygen atoms in total. The lowest BCUT2D eigenvalue weighted by atomic mass is 9.85. The average molecular weight is 530 g/mol. The van der Waals surface area contributed by atoms with Crippen LogP contribution < -0.4 is 19.1 Å². The van der Waals surface area contributed by atoms with Gasteiger partial charge in [0, 0.05) is 0 Å². The van der Waals surface area contributed by atoms with E-state index in [1.54, 1.807) is 36.4 Å². The van der Waals surface area contributed by atoms with E-state index in [0.717, 1.165) is 12.0 Å². The van der Waals surface area contributed by atoms with Gasteiger partial charge >= 0.3 is 0 Å². The molecular formula is C32H35NO6. The van der Waals surface area contributed by atoms with E-state index in [1.165, 1.54) is 19.1 Å². The zero-order valence-corrected chi connectivity index (χ0v) is 23.3. The van der Waals surface area contributed by atoms with Gasteiger partial charge in [-0.2, -0.15) is 0 Å². The van der Waals surface area contributed by atoms with E-state index >= 15 is 0 Å². The number of hydrogen-bond donors (Lipinski definition) is 1. The van der Waals surface area contributed by atoms with Crippen molar-refractivity contribution in [3.63, 3.8) is 0 Å². The summed E-state index contributed by atoms with van der Waals surface area (Å²) in [6.45, 7) is 8.79. The number of carbonyl (C=O) groups excluding carboxylic acids is 2. The maximum absolute atomic E-state index is 13.7. The maximum atomic E-state index is 13.7. The van der Waals surface area contributed by atoms with Gasteiger partial charge in [-0.1, -0.05) is 64.1 Å². The molecule has 0 saturated carbocycles. The molecule has 1 atom stereocenters. The first-order valence-electron chi connectivity index (χ1n) is 13.0. The molecule has 1 unspecified atom stereocenters. The van der Waals surface area contributed by atoms with Crippen molar-refractivity contribution in [2.45, 2.75) is 45.6 Å². The maximum Gasteiger partial charge on any atom is 0.300 e. The first-order valence-corrected chi connectivity index (χ1v) is 13.0. The van der Waals surface area contributed by atoms with E-state index in [9.17, 15) is 14.7 Å². The van der Waals surface area contributed by atoms with Crippen molar-refractivity contribution < 1.29 is 28.9 Å². The topological polar surface area (TPSA) is 85.3 Å². The van der Waals surface area contributed by atoms with Crippen LogP contribution >= 0.6 is 0 Å². The van der Waals surface area contributed by atoms with Crippen LogP contribution in [0.4, 0.5) is 5.69 Å². The molecule has 0 spiro atoms. The van der Waals surface area contributed by atoms with Gasteiger partial charge in [-0.15, -0.1) is 0 Å². The van der Waals surface area contributed by atoms with Crippen molar-refractivity contribution in [3.8, 4) is 17.2 Å². The standard InChI is InChI=1S/C32H35NO6/c1-7-18-39-26-11-9-8-10-24(26)33-28(20-12-14-21(15-13-20)32(2,3)4)27(30(35)31(33)36)29(34)23-19-22(37-5)16-17-25(23)38-6/h8-17,19,28,34H,7,18H2,1-6H3/b29-27+. The normalized spacial score (nSPS) is 16.9. The van der Waals surface area contributed by atoms with E-state index in [2.05, 4.69) is 20.8 Å². The third kappa shape index (κ3) is 5.35. The van der Waals surface area contributed by atoms with Gasteiger partial charge in [0.2, 0.25) is 0 Å². The second-order valence-corrected chi connectivity index (χ2v) is 10.4. The Morgan fingerprint density at radius 2 is 1.62 bits per heavy atom. The molecule has 1 saturated heterocycles. The Kier molecular flexibility index (Phi) is 8.00. The lowest BCUT2D eigenvalue weighted by Crippen LogP contribution is -2.30. The Morgan fingerprint density at radius 1 is 0.923 bits per heavy atom. The van der Waals surface area contributed by atoms with Crippen LogP contribution in [0.15, 0.2) is 72.3 Å². The predicted octanol–water partition coefficient (Wildman–Crippen LogP) is 6.42. The van der Waals surface area contributed by atoms with E-state index in [4.69, 9.17) is 14.2 Å². The molecule has 1 aliphatic heterocycles. The van der Waals surface area contributed by atoms with Gasteiger partial charge < -0.3 is 19.3 Å². The molecule has 3 aromatic rings. The highest BCUT2D eigenvalue weighted by atomic mass is 16.5. The fraction of sp³-hybridized carbons (Fsp3) is 0.312. The first-order chi connectivity index (χ1) is 18.6. The fourth-order valence-corrected chi connectivity index (χ4v) is 4.70. The number of ketones is 1. The van der Waals surface area contributed by atoms with Gasteiger partial charge in [0.15, 0.2) is 0 Å². The van der Waals surface area contributed by atoms with Gasteiger partial charge in [-0.25, -0.2) is 0 Å². The molecule has 1 N–H and O–H groups in total. The van der Waals surface area contributed by atoms with E-state index in [0.29, 0.717) is 35.1 Å². The lowest BCUT2D eigenvalue weighted by Gasteiger charge is -2.28. The SMILES string of the molecule is CCCOc1ccccc1N1C(=O)C(=O)/C(=C(/O)c2cc(OC)ccc2OC)C1c1ccc(C(C)(C)C)cc1. The van der Waals surface area contributed by atoms with E-state index in [-0.39, 0.29) is 22.3 Å². The van der Waals surface area contributed by atoms with Crippen LogP contribution in [0.5, 0.6) is 17.2 Å². The van der Waals surface area contributed by atoms with Crippen LogP contribution in [0.2, 0.25) is 0 Å². The minimum Gasteiger partial charge on any atom is -0.507 e. The zero-order valence-electron chi connectivity index (χ0n) is 23.3. The summed E-state index contributed by atoms with van der Waals surface area (Å²) >= 11 is 0. The summed E-state index contributed by atoms with van der Waals surface area (Å²) in [5, 5.41) is 11.6. The van der Waals surface area contributed by atoms with Crippen LogP contribution in [-0.2, 0) is 15.0 Å². The number of rotatable bonds is 8. The molecule has 0 radical (unpaired) electrons. The summed E-state index contributed by atoms with van der Waals surface area (Å²) in [5.74, 6) is -0.604. The Balaban J connectivity index is 1.98. The summed E-state index contributed by atoms with van der Waals surface area (Å²) in [4.78, 5) is 28.8. The summed E-state index contributed by atoms with van der Waals surface area (Å²) in [6.07, 6.45) is 0.778. The monoisotopic (exact) mass is 529 g/mol. The number of ether oxygens (including phenoxy) is 3. The quantitative estimate of drug-likeness (QED) is 0.206. The number of methoxy groups -OCH3 is 2. The van der Waals surface area contributed by atoms with Crippen molar-refractivity contribution in [1.29, 1.82) is 0 Å². The Bertz CT molecular complexity index is 1400. The van der Waals surface area contributed by atoms with Crippen LogP contribution in [0.25, 0.3) is 5.76 Å². The first kappa shape index (κ1) is 27.8. The van der Waals surface area contributed by atoms with Gasteiger partial charge in [0.05, 0.1) is 43.7 Å². The van der Waals surface area contributed by atoms with Crippen LogP contribution in [0, 0.1) is 0 Å². The van der Waals surface area contributed by atoms with E-state index in [1.807, 2.05) is 37.3 Å². The molecule has 1 heterocycles. The number of aliphatic hydroxyl groups excluding tert-OH is 1. The lowest BCUT2D eigenvalue weighted by molar-refractivity contribution is -0.132. The van der Waals surface area contributed by atoms with Gasteiger partial charge in [-0.05, 0) is 53.3 Å². The van der Waals surface area contributed by atoms with Gasteiger partial charge in [0.25, 0.3) is 11.7 Å². The molecule has 1 amide bonds. The molecular weight excluding hydrogens is 494 g/mol. The molecule has 0 bridgehead atoms. The molecule has 1 aliphatic rings. The number of amides is 1. The molecule has 1 fully saturated rings. The smallest absolute Gasteiger partial charge is 0.300 e. The van der Waals surface area contributed by atoms with E-state index < -0.39 is 17.7 Å². The second-order valence-electron chi connectivity index (χ2n) is 10.4. The van der Waals surface area contributed by atoms with Crippen molar-refractivity contribution >= 4 is 23.1 Å². The number of nitrogens with zero attached hydrogens (tertiary/aromatic N) is 1.